The summed E-state index contributed by atoms with van der Waals surface area (Å²) in [5, 5.41) is 35.8. The molecular formula is C27H23N3O8. The van der Waals surface area contributed by atoms with Crippen molar-refractivity contribution in [2.45, 2.75) is 18.0 Å². The predicted molar refractivity (Wildman–Crippen MR) is 134 cm³/mol. The normalized spacial score (nSPS) is 24.3. The number of carbonyl (C=O) groups excluding carboxylic acids is 2. The molecule has 11 heteroatoms. The van der Waals surface area contributed by atoms with Gasteiger partial charge in [-0.25, -0.2) is 4.90 Å². The van der Waals surface area contributed by atoms with E-state index in [4.69, 9.17) is 4.74 Å². The molecule has 4 unspecified atom stereocenters. The lowest BCUT2D eigenvalue weighted by atomic mass is 9.76. The number of aliphatic carboxylic acids is 1. The van der Waals surface area contributed by atoms with E-state index in [1.165, 1.54) is 37.4 Å². The summed E-state index contributed by atoms with van der Waals surface area (Å²) >= 11 is 0. The zero-order valence-corrected chi connectivity index (χ0v) is 20.1. The molecular weight excluding hydrogens is 494 g/mol. The summed E-state index contributed by atoms with van der Waals surface area (Å²) in [5.41, 5.74) is -1.47. The lowest BCUT2D eigenvalue weighted by Gasteiger charge is -2.31. The van der Waals surface area contributed by atoms with E-state index in [0.29, 0.717) is 5.56 Å². The monoisotopic (exact) mass is 517 g/mol. The number of carboxylic acids is 1. The Balaban J connectivity index is 1.69. The number of nitrogens with zero attached hydrogens (tertiary/aromatic N) is 2. The number of nitro groups is 1. The average Bonchev–Trinajstić information content (AvgIpc) is 3.38. The zero-order valence-electron chi connectivity index (χ0n) is 20.1. The molecule has 2 saturated heterocycles. The van der Waals surface area contributed by atoms with Gasteiger partial charge in [0.15, 0.2) is 11.5 Å². The summed E-state index contributed by atoms with van der Waals surface area (Å²) in [4.78, 5) is 52.3. The number of hydrogen-bond acceptors (Lipinski definition) is 8. The van der Waals surface area contributed by atoms with Crippen LogP contribution in [0, 0.1) is 22.0 Å². The summed E-state index contributed by atoms with van der Waals surface area (Å²) in [7, 11) is 1.36. The molecule has 194 valence electrons. The fraction of sp³-hybridized carbons (Fsp3) is 0.222. The van der Waals surface area contributed by atoms with Gasteiger partial charge < -0.3 is 14.9 Å². The third-order valence-corrected chi connectivity index (χ3v) is 7.25. The molecule has 2 fully saturated rings. The van der Waals surface area contributed by atoms with Gasteiger partial charge in [-0.2, -0.15) is 0 Å². The van der Waals surface area contributed by atoms with Crippen LogP contribution in [0.25, 0.3) is 0 Å². The Kier molecular flexibility index (Phi) is 6.08. The van der Waals surface area contributed by atoms with Crippen molar-refractivity contribution in [1.29, 1.82) is 0 Å². The smallest absolute Gasteiger partial charge is 0.325 e. The number of fused-ring (bicyclic) bond motifs is 1. The number of carbonyl (C=O) groups is 3. The number of methoxy groups -OCH3 is 1. The van der Waals surface area contributed by atoms with Crippen LogP contribution in [0.5, 0.6) is 11.5 Å². The van der Waals surface area contributed by atoms with Crippen LogP contribution in [0.3, 0.4) is 0 Å². The molecule has 4 atom stereocenters. The van der Waals surface area contributed by atoms with Gasteiger partial charge in [0, 0.05) is 30.2 Å². The Labute approximate surface area is 216 Å². The molecule has 38 heavy (non-hydrogen) atoms. The minimum absolute atomic E-state index is 0.0313. The molecule has 3 aromatic rings. The van der Waals surface area contributed by atoms with Crippen LogP contribution in [0.4, 0.5) is 11.4 Å². The largest absolute Gasteiger partial charge is 0.504 e. The van der Waals surface area contributed by atoms with Gasteiger partial charge in [0.25, 0.3) is 5.69 Å². The number of nitro benzene ring substituents is 1. The number of aromatic hydroxyl groups is 1. The van der Waals surface area contributed by atoms with Crippen molar-refractivity contribution in [3.63, 3.8) is 0 Å². The molecule has 3 N–H and O–H groups in total. The van der Waals surface area contributed by atoms with Crippen LogP contribution >= 0.6 is 0 Å². The van der Waals surface area contributed by atoms with Gasteiger partial charge in [-0.05, 0) is 17.7 Å². The second-order valence-electron chi connectivity index (χ2n) is 9.25. The number of rotatable bonds is 7. The van der Waals surface area contributed by atoms with Gasteiger partial charge in [0.2, 0.25) is 11.8 Å². The molecule has 0 spiro atoms. The molecule has 2 aliphatic heterocycles. The molecule has 0 bridgehead atoms. The first-order valence-electron chi connectivity index (χ1n) is 11.7. The lowest BCUT2D eigenvalue weighted by molar-refractivity contribution is -0.384. The number of nitrogens with one attached hydrogen (secondary N) is 1. The molecule has 0 aliphatic carbocycles. The number of phenolic OH excluding ortho intramolecular Hbond substituents is 1. The Morgan fingerprint density at radius 1 is 1.08 bits per heavy atom. The van der Waals surface area contributed by atoms with Crippen LogP contribution in [-0.4, -0.2) is 45.6 Å². The van der Waals surface area contributed by atoms with E-state index in [9.17, 15) is 34.7 Å². The number of benzene rings is 3. The Morgan fingerprint density at radius 3 is 2.45 bits per heavy atom. The minimum atomic E-state index is -1.92. The van der Waals surface area contributed by atoms with Crippen molar-refractivity contribution in [3.8, 4) is 11.5 Å². The van der Waals surface area contributed by atoms with Gasteiger partial charge in [0.05, 0.1) is 29.6 Å². The SMILES string of the molecule is COc1cccc(C2NC(Cc3ccccc3)(C(=O)O)C3C(=O)N(c4cccc([N+](=O)[O-])c4)C(=O)C23)c1O. The number of hydrogen-bond donors (Lipinski definition) is 3. The molecule has 2 aliphatic rings. The average molecular weight is 517 g/mol. The maximum atomic E-state index is 13.9. The molecule has 3 aromatic carbocycles. The van der Waals surface area contributed by atoms with Crippen LogP contribution in [0.1, 0.15) is 17.2 Å². The number of anilines is 1. The van der Waals surface area contributed by atoms with Gasteiger partial charge in [0.1, 0.15) is 5.54 Å². The highest BCUT2D eigenvalue weighted by atomic mass is 16.6. The van der Waals surface area contributed by atoms with Crippen LogP contribution < -0.4 is 15.0 Å². The van der Waals surface area contributed by atoms with Crippen molar-refractivity contribution in [1.82, 2.24) is 5.32 Å². The predicted octanol–water partition coefficient (Wildman–Crippen LogP) is 2.83. The van der Waals surface area contributed by atoms with Gasteiger partial charge in [-0.15, -0.1) is 0 Å². The Morgan fingerprint density at radius 2 is 1.79 bits per heavy atom. The maximum Gasteiger partial charge on any atom is 0.325 e. The third kappa shape index (κ3) is 3.75. The van der Waals surface area contributed by atoms with E-state index in [0.717, 1.165) is 11.0 Å². The van der Waals surface area contributed by atoms with Crippen molar-refractivity contribution in [2.24, 2.45) is 11.8 Å². The maximum absolute atomic E-state index is 13.9. The van der Waals surface area contributed by atoms with Crippen LogP contribution in [-0.2, 0) is 20.8 Å². The molecule has 0 saturated carbocycles. The summed E-state index contributed by atoms with van der Waals surface area (Å²) in [6.45, 7) is 0. The Bertz CT molecular complexity index is 1460. The van der Waals surface area contributed by atoms with E-state index in [1.807, 2.05) is 0 Å². The number of imide groups is 1. The topological polar surface area (TPSA) is 159 Å². The van der Waals surface area contributed by atoms with Crippen LogP contribution in [0.15, 0.2) is 72.8 Å². The van der Waals surface area contributed by atoms with Gasteiger partial charge >= 0.3 is 5.97 Å². The van der Waals surface area contributed by atoms with E-state index in [-0.39, 0.29) is 34.9 Å². The highest BCUT2D eigenvalue weighted by Gasteiger charge is 2.69. The Hall–Kier alpha value is -4.77. The second kappa shape index (κ2) is 9.27. The standard InChI is InChI=1S/C27H23N3O8/c1-38-19-12-6-11-18(23(19)31)22-20-21(27(28-22,26(34)35)14-15-7-3-2-4-8-15)25(33)29(24(20)32)16-9-5-10-17(13-16)30(36)37/h2-13,20-22,28,31H,14H2,1H3,(H,34,35). The minimum Gasteiger partial charge on any atom is -0.504 e. The number of phenols is 1. The molecule has 0 radical (unpaired) electrons. The zero-order chi connectivity index (χ0) is 27.2. The van der Waals surface area contributed by atoms with E-state index < -0.39 is 46.1 Å². The first kappa shape index (κ1) is 24.9. The number of non-ortho nitro benzene ring substituents is 1. The summed E-state index contributed by atoms with van der Waals surface area (Å²) in [6.07, 6.45) is -0.132. The highest BCUT2D eigenvalue weighted by molar-refractivity contribution is 6.24. The second-order valence-corrected chi connectivity index (χ2v) is 9.25. The lowest BCUT2D eigenvalue weighted by Crippen LogP contribution is -2.57. The van der Waals surface area contributed by atoms with Crippen molar-refractivity contribution in [3.05, 3.63) is 94.0 Å². The fourth-order valence-corrected chi connectivity index (χ4v) is 5.58. The van der Waals surface area contributed by atoms with E-state index in [1.54, 1.807) is 36.4 Å². The molecule has 2 amide bonds. The summed E-state index contributed by atoms with van der Waals surface area (Å²) in [6, 6.07) is 17.3. The van der Waals surface area contributed by atoms with Crippen molar-refractivity contribution >= 4 is 29.2 Å². The molecule has 0 aromatic heterocycles. The van der Waals surface area contributed by atoms with Gasteiger partial charge in [-0.1, -0.05) is 48.5 Å². The number of carboxylic acid groups (broad SMARTS) is 1. The third-order valence-electron chi connectivity index (χ3n) is 7.25. The summed E-state index contributed by atoms with van der Waals surface area (Å²) < 4.78 is 5.21. The van der Waals surface area contributed by atoms with Crippen LogP contribution in [0.2, 0.25) is 0 Å². The quantitative estimate of drug-likeness (QED) is 0.243. The van der Waals surface area contributed by atoms with Crippen molar-refractivity contribution < 1.29 is 34.3 Å². The first-order valence-corrected chi connectivity index (χ1v) is 11.7. The number of amides is 2. The molecule has 5 rings (SSSR count). The molecule has 11 nitrogen and oxygen atoms in total. The first-order chi connectivity index (χ1) is 18.2. The fourth-order valence-electron chi connectivity index (χ4n) is 5.58. The number of ether oxygens (including phenoxy) is 1. The van der Waals surface area contributed by atoms with E-state index >= 15 is 0 Å². The van der Waals surface area contributed by atoms with Gasteiger partial charge in [-0.3, -0.25) is 29.8 Å². The van der Waals surface area contributed by atoms with Crippen molar-refractivity contribution in [2.75, 3.05) is 12.0 Å². The highest BCUT2D eigenvalue weighted by Crippen LogP contribution is 2.53. The summed E-state index contributed by atoms with van der Waals surface area (Å²) in [5.74, 6) is -5.64. The molecule has 2 heterocycles. The number of para-hydroxylation sites is 1. The van der Waals surface area contributed by atoms with E-state index in [2.05, 4.69) is 5.32 Å².